The van der Waals surface area contributed by atoms with Crippen molar-refractivity contribution in [1.82, 2.24) is 19.7 Å². The number of hydrogen-bond acceptors (Lipinski definition) is 5. The molecule has 2 aromatic carbocycles. The van der Waals surface area contributed by atoms with Crippen molar-refractivity contribution in [1.29, 1.82) is 0 Å². The molecule has 1 saturated heterocycles. The molecule has 1 fully saturated rings. The third-order valence-corrected chi connectivity index (χ3v) is 11.7. The summed E-state index contributed by atoms with van der Waals surface area (Å²) >= 11 is 0. The zero-order chi connectivity index (χ0) is 22.7. The van der Waals surface area contributed by atoms with Crippen LogP contribution in [0.15, 0.2) is 47.1 Å². The zero-order valence-corrected chi connectivity index (χ0v) is 18.5. The fourth-order valence-electron chi connectivity index (χ4n) is 4.86. The summed E-state index contributed by atoms with van der Waals surface area (Å²) in [5.41, 5.74) is 0.555. The van der Waals surface area contributed by atoms with Gasteiger partial charge in [-0.25, -0.2) is 4.98 Å². The van der Waals surface area contributed by atoms with Crippen molar-refractivity contribution in [2.45, 2.75) is 31.8 Å². The van der Waals surface area contributed by atoms with Crippen LogP contribution in [-0.4, -0.2) is 32.9 Å². The lowest BCUT2D eigenvalue weighted by molar-refractivity contribution is -0.136. The second-order valence-corrected chi connectivity index (χ2v) is 12.6. The van der Waals surface area contributed by atoms with Gasteiger partial charge < -0.3 is 14.1 Å². The molecule has 0 spiro atoms. The van der Waals surface area contributed by atoms with Crippen molar-refractivity contribution in [2.75, 3.05) is 0 Å². The van der Waals surface area contributed by atoms with E-state index >= 15 is 0 Å². The van der Waals surface area contributed by atoms with Crippen LogP contribution in [0.3, 0.4) is 0 Å². The number of aliphatic hydroxyl groups excluding tert-OH is 1. The third-order valence-electron chi connectivity index (χ3n) is 6.23. The predicted octanol–water partition coefficient (Wildman–Crippen LogP) is 3.35. The normalized spacial score (nSPS) is 21.1. The number of nitrogens with zero attached hydrogens (tertiary/aromatic N) is 4. The maximum absolute atomic E-state index is 13.6. The molecule has 5 rings (SSSR count). The van der Waals surface area contributed by atoms with Crippen molar-refractivity contribution in [3.05, 3.63) is 53.9 Å². The van der Waals surface area contributed by atoms with Crippen LogP contribution in [0.1, 0.15) is 18.1 Å². The zero-order valence-electron chi connectivity index (χ0n) is 17.5. The number of rotatable bonds is 4. The molecule has 0 saturated carbocycles. The molecule has 10 heteroatoms. The van der Waals surface area contributed by atoms with E-state index in [4.69, 9.17) is 4.42 Å². The number of hydrogen-bond donors (Lipinski definition) is 1. The van der Waals surface area contributed by atoms with E-state index in [1.807, 2.05) is 23.7 Å². The second-order valence-electron chi connectivity index (χ2n) is 8.61. The number of halogens is 3. The van der Waals surface area contributed by atoms with E-state index in [0.29, 0.717) is 11.5 Å². The van der Waals surface area contributed by atoms with Gasteiger partial charge in [-0.1, -0.05) is 19.1 Å². The van der Waals surface area contributed by atoms with E-state index in [0.717, 1.165) is 28.8 Å². The largest absolute Gasteiger partial charge is 0.435 e. The summed E-state index contributed by atoms with van der Waals surface area (Å²) in [6.07, 6.45) is -2.92. The molecular weight excluding hydrogens is 437 g/mol. The molecule has 1 N–H and O–H groups in total. The van der Waals surface area contributed by atoms with Gasteiger partial charge in [0.2, 0.25) is 5.89 Å². The molecule has 0 amide bonds. The summed E-state index contributed by atoms with van der Waals surface area (Å²) in [7, 11) is -0.163. The van der Waals surface area contributed by atoms with Gasteiger partial charge >= 0.3 is 6.18 Å². The maximum Gasteiger partial charge on any atom is 0.420 e. The second kappa shape index (κ2) is 7.28. The molecule has 3 heterocycles. The molecule has 32 heavy (non-hydrogen) atoms. The highest BCUT2D eigenvalue weighted by Crippen LogP contribution is 2.39. The molecule has 0 unspecified atom stereocenters. The van der Waals surface area contributed by atoms with Crippen molar-refractivity contribution < 1.29 is 22.7 Å². The topological polar surface area (TPSA) is 77.0 Å². The first-order valence-electron chi connectivity index (χ1n) is 10.3. The first-order valence-corrected chi connectivity index (χ1v) is 12.7. The monoisotopic (exact) mass is 458 g/mol. The number of fused-ring (bicyclic) bond motifs is 1. The van der Waals surface area contributed by atoms with Gasteiger partial charge in [0.15, 0.2) is 13.7 Å². The Morgan fingerprint density at radius 3 is 2.62 bits per heavy atom. The number of oxazole rings is 1. The van der Waals surface area contributed by atoms with Gasteiger partial charge in [-0.2, -0.15) is 13.2 Å². The Kier molecular flexibility index (Phi) is 4.75. The molecule has 166 valence electrons. The first-order chi connectivity index (χ1) is 15.2. The highest BCUT2D eigenvalue weighted by Gasteiger charge is 2.51. The van der Waals surface area contributed by atoms with Crippen LogP contribution in [-0.2, 0) is 19.8 Å². The molecule has 0 aliphatic carbocycles. The third kappa shape index (κ3) is 3.25. The average Bonchev–Trinajstić information content (AvgIpc) is 3.36. The van der Waals surface area contributed by atoms with E-state index in [2.05, 4.69) is 28.2 Å². The first kappa shape index (κ1) is 20.9. The Bertz CT molecular complexity index is 1310. The lowest BCUT2D eigenvalue weighted by Gasteiger charge is -2.43. The summed E-state index contributed by atoms with van der Waals surface area (Å²) in [5.74, 6) is 0.703. The summed E-state index contributed by atoms with van der Waals surface area (Å²) in [4.78, 5) is 4.33. The maximum atomic E-state index is 13.6. The lowest BCUT2D eigenvalue weighted by atomic mass is 10.1. The highest BCUT2D eigenvalue weighted by atomic mass is 28.3. The number of aliphatic hydroxyl groups is 1. The van der Waals surface area contributed by atoms with Crippen LogP contribution < -0.4 is 10.6 Å². The standard InChI is InChI=1S/C22H21F3N4O2Si/c1-13-10-32(11-13,21-28-26-12-29(21)2)16-5-3-4-15(8-16)20-27-18-7-14(9-30)6-17(19(18)31-20)22(23,24)25/h3-8,12-13,30H,9-11H2,1-2H3/t13-,32+. The predicted molar refractivity (Wildman–Crippen MR) is 115 cm³/mol. The highest BCUT2D eigenvalue weighted by molar-refractivity contribution is 7.03. The molecule has 0 atom stereocenters. The number of alkyl halides is 3. The van der Waals surface area contributed by atoms with Crippen LogP contribution in [0.2, 0.25) is 12.1 Å². The van der Waals surface area contributed by atoms with Crippen LogP contribution in [0, 0.1) is 5.92 Å². The Morgan fingerprint density at radius 1 is 1.22 bits per heavy atom. The molecule has 0 bridgehead atoms. The van der Waals surface area contributed by atoms with Crippen LogP contribution >= 0.6 is 0 Å². The summed E-state index contributed by atoms with van der Waals surface area (Å²) in [6.45, 7) is 1.70. The number of aromatic nitrogens is 4. The SMILES string of the molecule is Cn1cnnc1[Si@]1(c2cccc(-c3nc4cc(CO)cc(C(F)(F)F)c4o3)c2)C[C@H](C)C1. The Balaban J connectivity index is 1.63. The number of aryl methyl sites for hydroxylation is 1. The average molecular weight is 459 g/mol. The molecule has 0 radical (unpaired) electrons. The van der Waals surface area contributed by atoms with Crippen molar-refractivity contribution in [3.63, 3.8) is 0 Å². The van der Waals surface area contributed by atoms with Gasteiger partial charge in [-0.05, 0) is 53.0 Å². The minimum atomic E-state index is -4.62. The van der Waals surface area contributed by atoms with E-state index in [1.165, 1.54) is 6.07 Å². The summed E-state index contributed by atoms with van der Waals surface area (Å²) < 4.78 is 48.3. The Labute approximate surface area is 182 Å². The molecule has 2 aromatic heterocycles. The van der Waals surface area contributed by atoms with Crippen LogP contribution in [0.25, 0.3) is 22.6 Å². The van der Waals surface area contributed by atoms with Gasteiger partial charge in [-0.3, -0.25) is 0 Å². The smallest absolute Gasteiger partial charge is 0.420 e. The number of benzene rings is 2. The van der Waals surface area contributed by atoms with Crippen molar-refractivity contribution >= 4 is 29.8 Å². The molecule has 1 aliphatic rings. The van der Waals surface area contributed by atoms with E-state index in [9.17, 15) is 18.3 Å². The lowest BCUT2D eigenvalue weighted by Crippen LogP contribution is -2.68. The summed E-state index contributed by atoms with van der Waals surface area (Å²) in [5, 5.41) is 19.0. The van der Waals surface area contributed by atoms with E-state index in [-0.39, 0.29) is 22.6 Å². The Morgan fingerprint density at radius 2 is 2.00 bits per heavy atom. The van der Waals surface area contributed by atoms with Crippen LogP contribution in [0.5, 0.6) is 0 Å². The van der Waals surface area contributed by atoms with Gasteiger partial charge in [-0.15, -0.1) is 10.2 Å². The van der Waals surface area contributed by atoms with Gasteiger partial charge in [0, 0.05) is 12.6 Å². The van der Waals surface area contributed by atoms with Gasteiger partial charge in [0.25, 0.3) is 0 Å². The van der Waals surface area contributed by atoms with Gasteiger partial charge in [0.1, 0.15) is 22.9 Å². The molecule has 6 nitrogen and oxygen atoms in total. The van der Waals surface area contributed by atoms with Crippen molar-refractivity contribution in [2.24, 2.45) is 13.0 Å². The minimum Gasteiger partial charge on any atom is -0.435 e. The van der Waals surface area contributed by atoms with E-state index in [1.54, 1.807) is 12.4 Å². The quantitative estimate of drug-likeness (QED) is 0.475. The molecule has 4 aromatic rings. The minimum absolute atomic E-state index is 0.0711. The fourth-order valence-corrected chi connectivity index (χ4v) is 10.0. The Hall–Kier alpha value is -2.98. The molecule has 1 aliphatic heterocycles. The fraction of sp³-hybridized carbons (Fsp3) is 0.318. The van der Waals surface area contributed by atoms with Crippen LogP contribution in [0.4, 0.5) is 13.2 Å². The molecular formula is C22H21F3N4O2Si. The van der Waals surface area contributed by atoms with Gasteiger partial charge in [0.05, 0.1) is 6.61 Å². The van der Waals surface area contributed by atoms with Crippen molar-refractivity contribution in [3.8, 4) is 11.5 Å². The van der Waals surface area contributed by atoms with E-state index < -0.39 is 26.4 Å². The summed E-state index contributed by atoms with van der Waals surface area (Å²) in [6, 6.07) is 12.1.